The van der Waals surface area contributed by atoms with Crippen molar-refractivity contribution in [3.63, 3.8) is 0 Å². The number of fused-ring (bicyclic) bond motifs is 3. The first-order chi connectivity index (χ1) is 34.6. The number of nitrogens with zero attached hydrogens (tertiary/aromatic N) is 2. The van der Waals surface area contributed by atoms with E-state index in [9.17, 15) is 28.8 Å². The maximum atomic E-state index is 15.0. The van der Waals surface area contributed by atoms with Crippen molar-refractivity contribution in [2.24, 2.45) is 10.8 Å². The van der Waals surface area contributed by atoms with Crippen molar-refractivity contribution in [3.05, 3.63) is 106 Å². The third-order valence-corrected chi connectivity index (χ3v) is 15.3. The highest BCUT2D eigenvalue weighted by Gasteiger charge is 2.47. The predicted octanol–water partition coefficient (Wildman–Crippen LogP) is 4.69. The molecule has 1 saturated heterocycles. The molecule has 16 nitrogen and oxygen atoms in total. The van der Waals surface area contributed by atoms with Crippen molar-refractivity contribution < 1.29 is 33.6 Å². The van der Waals surface area contributed by atoms with Crippen molar-refractivity contribution in [3.8, 4) is 0 Å². The molecule has 0 bridgehead atoms. The topological polar surface area (TPSA) is 210 Å². The van der Waals surface area contributed by atoms with E-state index in [0.29, 0.717) is 17.7 Å². The number of amides is 7. The van der Waals surface area contributed by atoms with Gasteiger partial charge in [0, 0.05) is 31.1 Å². The van der Waals surface area contributed by atoms with E-state index in [1.807, 2.05) is 90.9 Å². The summed E-state index contributed by atoms with van der Waals surface area (Å²) in [5.41, 5.74) is 4.82. The monoisotopic (exact) mass is 1000 g/mol. The molecule has 73 heavy (non-hydrogen) atoms. The van der Waals surface area contributed by atoms with Gasteiger partial charge in [0.05, 0.1) is 24.2 Å². The first-order valence-corrected chi connectivity index (χ1v) is 26.4. The smallest absolute Gasteiger partial charge is 0.251 e. The Morgan fingerprint density at radius 1 is 0.630 bits per heavy atom. The molecule has 0 spiro atoms. The van der Waals surface area contributed by atoms with Crippen LogP contribution in [0, 0.1) is 10.8 Å². The Kier molecular flexibility index (Phi) is 17.2. The van der Waals surface area contributed by atoms with E-state index in [-0.39, 0.29) is 61.6 Å². The molecule has 2 aliphatic carbocycles. The third-order valence-electron chi connectivity index (χ3n) is 15.3. The van der Waals surface area contributed by atoms with Gasteiger partial charge < -0.3 is 47.0 Å². The molecule has 2 heterocycles. The summed E-state index contributed by atoms with van der Waals surface area (Å²) in [6, 6.07) is 15.4. The van der Waals surface area contributed by atoms with Gasteiger partial charge in [-0.3, -0.25) is 33.6 Å². The number of hydrogen-bond donors (Lipinski definition) is 7. The molecule has 0 unspecified atom stereocenters. The number of likely N-dealkylation sites (tertiary alicyclic amines) is 1. The van der Waals surface area contributed by atoms with Crippen LogP contribution in [0.4, 0.5) is 0 Å². The SMILES string of the molecule is CCN[C@@H](C)C(=O)N[C@H](C(=O)N1Cc2cc(C(=O)N[C@H]3C[C@@H](C(=O)N[C@@H]4CCCc5ccccc54)N(C(=O)[C@@H](NC(=O)[C@H](C)NC)C(C)(C)C)C3)ccc2C[C@H]1C(=O)N[C@@H]1CCCc2ccccc21)C(C)(C)C. The fourth-order valence-electron chi connectivity index (χ4n) is 10.9. The molecule has 0 aromatic heterocycles. The average molecular weight is 1000 g/mol. The molecule has 7 amide bonds. The first-order valence-electron chi connectivity index (χ1n) is 26.4. The Morgan fingerprint density at radius 2 is 1.15 bits per heavy atom. The van der Waals surface area contributed by atoms with Gasteiger partial charge in [0.2, 0.25) is 35.4 Å². The van der Waals surface area contributed by atoms with Crippen LogP contribution >= 0.6 is 0 Å². The minimum Gasteiger partial charge on any atom is -0.347 e. The van der Waals surface area contributed by atoms with E-state index in [2.05, 4.69) is 49.4 Å². The summed E-state index contributed by atoms with van der Waals surface area (Å²) < 4.78 is 0. The number of carbonyl (C=O) groups is 7. The van der Waals surface area contributed by atoms with Crippen molar-refractivity contribution in [2.45, 2.75) is 175 Å². The second-order valence-corrected chi connectivity index (χ2v) is 22.8. The Labute approximate surface area is 431 Å². The number of benzene rings is 3. The van der Waals surface area contributed by atoms with Crippen LogP contribution in [0.1, 0.15) is 150 Å². The van der Waals surface area contributed by atoms with Crippen LogP contribution < -0.4 is 37.2 Å². The van der Waals surface area contributed by atoms with Crippen LogP contribution in [0.25, 0.3) is 0 Å². The highest BCUT2D eigenvalue weighted by atomic mass is 16.2. The van der Waals surface area contributed by atoms with E-state index < -0.39 is 70.8 Å². The number of nitrogens with one attached hydrogen (secondary N) is 7. The lowest BCUT2D eigenvalue weighted by atomic mass is 9.83. The van der Waals surface area contributed by atoms with Gasteiger partial charge in [-0.2, -0.15) is 0 Å². The molecule has 3 aromatic carbocycles. The summed E-state index contributed by atoms with van der Waals surface area (Å²) in [5, 5.41) is 21.7. The van der Waals surface area contributed by atoms with Gasteiger partial charge in [-0.05, 0) is 129 Å². The molecule has 16 heteroatoms. The maximum absolute atomic E-state index is 15.0. The predicted molar refractivity (Wildman–Crippen MR) is 281 cm³/mol. The summed E-state index contributed by atoms with van der Waals surface area (Å²) in [6.07, 6.45) is 5.48. The van der Waals surface area contributed by atoms with Crippen molar-refractivity contribution in [1.82, 2.24) is 47.0 Å². The Bertz CT molecular complexity index is 2550. The second-order valence-electron chi connectivity index (χ2n) is 22.8. The largest absolute Gasteiger partial charge is 0.347 e. The van der Waals surface area contributed by atoms with Crippen LogP contribution in [0.5, 0.6) is 0 Å². The minimum atomic E-state index is -0.983. The summed E-state index contributed by atoms with van der Waals surface area (Å²) in [4.78, 5) is 103. The Hall–Kier alpha value is -6.13. The fourth-order valence-corrected chi connectivity index (χ4v) is 10.9. The average Bonchev–Trinajstić information content (AvgIpc) is 3.79. The number of rotatable bonds is 15. The molecule has 9 atom stereocenters. The van der Waals surface area contributed by atoms with Crippen molar-refractivity contribution >= 4 is 41.4 Å². The lowest BCUT2D eigenvalue weighted by molar-refractivity contribution is -0.147. The third kappa shape index (κ3) is 12.6. The fraction of sp³-hybridized carbons (Fsp3) is 0.561. The standard InChI is InChI=1S/C57H79N9O7/c1-11-59-34(3)50(68)64-47(56(4,5)6)54(72)65-31-39-28-38(27-26-37(39)29-45(65)52(70)61-43-24-16-20-35-18-12-14-22-41(35)43)51(69)60-40-30-46(53(71)62-44-25-17-21-36-19-13-15-23-42(36)44)66(32-40)55(73)48(57(7,8)9)63-49(67)33(2)58-10/h12-15,18-19,22-23,26-28,33-34,40,43-48,58-59H,11,16-17,20-21,24-25,29-32H2,1-10H3,(H,60,69)(H,61,70)(H,62,71)(H,63,67)(H,64,68)/t33-,34-,40-,43+,44+,45-,46-,47+,48+/m0/s1. The van der Waals surface area contributed by atoms with E-state index in [1.165, 1.54) is 16.0 Å². The molecule has 7 N–H and O–H groups in total. The Morgan fingerprint density at radius 3 is 1.68 bits per heavy atom. The molecule has 2 aliphatic heterocycles. The van der Waals surface area contributed by atoms with E-state index in [0.717, 1.165) is 55.2 Å². The zero-order valence-corrected chi connectivity index (χ0v) is 44.6. The lowest BCUT2D eigenvalue weighted by Crippen LogP contribution is -2.62. The van der Waals surface area contributed by atoms with Gasteiger partial charge in [0.1, 0.15) is 24.2 Å². The second kappa shape index (κ2) is 23.0. The molecule has 0 radical (unpaired) electrons. The molecular weight excluding hydrogens is 923 g/mol. The van der Waals surface area contributed by atoms with E-state index in [4.69, 9.17) is 0 Å². The molecular formula is C57H79N9O7. The normalized spacial score (nSPS) is 22.2. The van der Waals surface area contributed by atoms with E-state index in [1.54, 1.807) is 37.9 Å². The number of hydrogen-bond acceptors (Lipinski definition) is 9. The van der Waals surface area contributed by atoms with Crippen LogP contribution in [0.15, 0.2) is 66.7 Å². The lowest BCUT2D eigenvalue weighted by Gasteiger charge is -2.42. The van der Waals surface area contributed by atoms with Gasteiger partial charge in [-0.15, -0.1) is 0 Å². The minimum absolute atomic E-state index is 0.00414. The van der Waals surface area contributed by atoms with Gasteiger partial charge in [-0.1, -0.05) is 103 Å². The highest BCUT2D eigenvalue weighted by Crippen LogP contribution is 2.35. The summed E-state index contributed by atoms with van der Waals surface area (Å²) in [7, 11) is 1.67. The quantitative estimate of drug-likeness (QED) is 0.113. The number of aryl methyl sites for hydroxylation is 2. The van der Waals surface area contributed by atoms with Crippen molar-refractivity contribution in [2.75, 3.05) is 20.1 Å². The summed E-state index contributed by atoms with van der Waals surface area (Å²) in [6.45, 7) is 17.2. The summed E-state index contributed by atoms with van der Waals surface area (Å²) >= 11 is 0. The zero-order valence-electron chi connectivity index (χ0n) is 44.6. The first kappa shape index (κ1) is 54.6. The van der Waals surface area contributed by atoms with Gasteiger partial charge >= 0.3 is 0 Å². The van der Waals surface area contributed by atoms with Gasteiger partial charge in [0.25, 0.3) is 5.91 Å². The molecule has 7 rings (SSSR count). The molecule has 394 valence electrons. The van der Waals surface area contributed by atoms with Gasteiger partial charge in [0.15, 0.2) is 0 Å². The number of carbonyl (C=O) groups excluding carboxylic acids is 7. The van der Waals surface area contributed by atoms with Crippen LogP contribution in [0.2, 0.25) is 0 Å². The molecule has 4 aliphatic rings. The highest BCUT2D eigenvalue weighted by molar-refractivity contribution is 5.97. The van der Waals surface area contributed by atoms with E-state index >= 15 is 4.79 Å². The molecule has 0 saturated carbocycles. The molecule has 1 fully saturated rings. The molecule has 3 aromatic rings. The number of likely N-dealkylation sites (N-methyl/N-ethyl adjacent to an activating group) is 2. The summed E-state index contributed by atoms with van der Waals surface area (Å²) in [5.74, 6) is -2.57. The van der Waals surface area contributed by atoms with Crippen molar-refractivity contribution in [1.29, 1.82) is 0 Å². The van der Waals surface area contributed by atoms with Crippen LogP contribution in [-0.2, 0) is 54.6 Å². The van der Waals surface area contributed by atoms with Crippen LogP contribution in [0.3, 0.4) is 0 Å². The Balaban J connectivity index is 1.16. The van der Waals surface area contributed by atoms with Gasteiger partial charge in [-0.25, -0.2) is 0 Å². The zero-order chi connectivity index (χ0) is 52.9. The van der Waals surface area contributed by atoms with Crippen LogP contribution in [-0.4, -0.2) is 114 Å². The maximum Gasteiger partial charge on any atom is 0.251 e.